The van der Waals surface area contributed by atoms with Crippen molar-refractivity contribution in [2.45, 2.75) is 33.3 Å². The van der Waals surface area contributed by atoms with Gasteiger partial charge in [-0.25, -0.2) is 4.79 Å². The number of hydrogen-bond donors (Lipinski definition) is 1. The van der Waals surface area contributed by atoms with Gasteiger partial charge in [0.25, 0.3) is 0 Å². The SMILES string of the molecule is CCOC(Cc1cc(C)ccc1C)C(=O)O. The van der Waals surface area contributed by atoms with E-state index in [-0.39, 0.29) is 0 Å². The molecule has 1 aromatic carbocycles. The molecule has 3 heteroatoms. The van der Waals surface area contributed by atoms with Crippen LogP contribution in [0, 0.1) is 13.8 Å². The van der Waals surface area contributed by atoms with Gasteiger partial charge in [-0.05, 0) is 31.9 Å². The van der Waals surface area contributed by atoms with E-state index in [9.17, 15) is 4.79 Å². The maximum Gasteiger partial charge on any atom is 0.333 e. The lowest BCUT2D eigenvalue weighted by Gasteiger charge is -2.14. The first-order chi connectivity index (χ1) is 7.54. The van der Waals surface area contributed by atoms with Crippen molar-refractivity contribution in [1.29, 1.82) is 0 Å². The topological polar surface area (TPSA) is 46.5 Å². The van der Waals surface area contributed by atoms with Crippen molar-refractivity contribution in [1.82, 2.24) is 0 Å². The number of aryl methyl sites for hydroxylation is 2. The Balaban J connectivity index is 2.84. The normalized spacial score (nSPS) is 12.4. The Kier molecular flexibility index (Phi) is 4.50. The van der Waals surface area contributed by atoms with Gasteiger partial charge in [-0.15, -0.1) is 0 Å². The van der Waals surface area contributed by atoms with Crippen LogP contribution in [-0.2, 0) is 16.0 Å². The van der Waals surface area contributed by atoms with Crippen LogP contribution in [0.1, 0.15) is 23.6 Å². The fraction of sp³-hybridized carbons (Fsp3) is 0.462. The Bertz CT molecular complexity index is 371. The summed E-state index contributed by atoms with van der Waals surface area (Å²) in [5.41, 5.74) is 3.29. The first kappa shape index (κ1) is 12.7. The molecule has 0 saturated heterocycles. The predicted octanol–water partition coefficient (Wildman–Crippen LogP) is 2.34. The second kappa shape index (κ2) is 5.66. The Hall–Kier alpha value is -1.35. The van der Waals surface area contributed by atoms with Gasteiger partial charge in [0.15, 0.2) is 6.10 Å². The summed E-state index contributed by atoms with van der Waals surface area (Å²) in [6.07, 6.45) is -0.318. The molecule has 0 fully saturated rings. The van der Waals surface area contributed by atoms with E-state index in [2.05, 4.69) is 0 Å². The molecule has 0 aliphatic heterocycles. The van der Waals surface area contributed by atoms with E-state index in [4.69, 9.17) is 9.84 Å². The quantitative estimate of drug-likeness (QED) is 0.831. The van der Waals surface area contributed by atoms with E-state index in [0.29, 0.717) is 13.0 Å². The molecule has 0 saturated carbocycles. The van der Waals surface area contributed by atoms with E-state index >= 15 is 0 Å². The molecule has 0 aliphatic rings. The molecule has 0 aliphatic carbocycles. The van der Waals surface area contributed by atoms with Crippen LogP contribution < -0.4 is 0 Å². The summed E-state index contributed by atoms with van der Waals surface area (Å²) in [6.45, 7) is 6.21. The van der Waals surface area contributed by atoms with Crippen molar-refractivity contribution in [3.05, 3.63) is 34.9 Å². The van der Waals surface area contributed by atoms with Crippen molar-refractivity contribution >= 4 is 5.97 Å². The van der Waals surface area contributed by atoms with Crippen molar-refractivity contribution in [2.24, 2.45) is 0 Å². The largest absolute Gasteiger partial charge is 0.479 e. The van der Waals surface area contributed by atoms with Crippen LogP contribution in [0.15, 0.2) is 18.2 Å². The lowest BCUT2D eigenvalue weighted by molar-refractivity contribution is -0.149. The van der Waals surface area contributed by atoms with E-state index in [0.717, 1.165) is 16.7 Å². The van der Waals surface area contributed by atoms with E-state index in [1.54, 1.807) is 6.92 Å². The van der Waals surface area contributed by atoms with Crippen molar-refractivity contribution < 1.29 is 14.6 Å². The zero-order valence-corrected chi connectivity index (χ0v) is 9.99. The van der Waals surface area contributed by atoms with Crippen LogP contribution in [0.5, 0.6) is 0 Å². The molecule has 1 rings (SSSR count). The number of benzene rings is 1. The first-order valence-corrected chi connectivity index (χ1v) is 5.45. The molecule has 1 N–H and O–H groups in total. The number of ether oxygens (including phenoxy) is 1. The Morgan fingerprint density at radius 2 is 2.12 bits per heavy atom. The van der Waals surface area contributed by atoms with Crippen LogP contribution in [0.2, 0.25) is 0 Å². The molecule has 0 heterocycles. The van der Waals surface area contributed by atoms with Gasteiger partial charge in [0, 0.05) is 13.0 Å². The summed E-state index contributed by atoms with van der Waals surface area (Å²) in [5.74, 6) is -0.900. The highest BCUT2D eigenvalue weighted by Crippen LogP contribution is 2.14. The zero-order chi connectivity index (χ0) is 12.1. The Morgan fingerprint density at radius 1 is 1.44 bits per heavy atom. The Labute approximate surface area is 96.1 Å². The van der Waals surface area contributed by atoms with Gasteiger partial charge in [0.1, 0.15) is 0 Å². The second-order valence-corrected chi connectivity index (χ2v) is 3.92. The highest BCUT2D eigenvalue weighted by molar-refractivity contribution is 5.72. The maximum atomic E-state index is 11.0. The molecule has 0 aromatic heterocycles. The van der Waals surface area contributed by atoms with Gasteiger partial charge >= 0.3 is 5.97 Å². The third kappa shape index (κ3) is 3.35. The molecule has 16 heavy (non-hydrogen) atoms. The molecule has 1 unspecified atom stereocenters. The summed E-state index contributed by atoms with van der Waals surface area (Å²) in [7, 11) is 0. The van der Waals surface area contributed by atoms with Gasteiger partial charge in [0.2, 0.25) is 0 Å². The second-order valence-electron chi connectivity index (χ2n) is 3.92. The van der Waals surface area contributed by atoms with Gasteiger partial charge < -0.3 is 9.84 Å². The van der Waals surface area contributed by atoms with Crippen LogP contribution in [-0.4, -0.2) is 23.8 Å². The molecule has 3 nitrogen and oxygen atoms in total. The minimum atomic E-state index is -0.900. The summed E-state index contributed by atoms with van der Waals surface area (Å²) >= 11 is 0. The number of carbonyl (C=O) groups is 1. The molecule has 88 valence electrons. The number of carboxylic acid groups (broad SMARTS) is 1. The van der Waals surface area contributed by atoms with E-state index < -0.39 is 12.1 Å². The molecular weight excluding hydrogens is 204 g/mol. The van der Waals surface area contributed by atoms with Crippen LogP contribution in [0.3, 0.4) is 0 Å². The molecule has 0 spiro atoms. The number of carboxylic acids is 1. The van der Waals surface area contributed by atoms with Crippen molar-refractivity contribution in [3.8, 4) is 0 Å². The summed E-state index contributed by atoms with van der Waals surface area (Å²) < 4.78 is 5.20. The summed E-state index contributed by atoms with van der Waals surface area (Å²) in [6, 6.07) is 6.05. The standard InChI is InChI=1S/C13H18O3/c1-4-16-12(13(14)15)8-11-7-9(2)5-6-10(11)3/h5-7,12H,4,8H2,1-3H3,(H,14,15). The maximum absolute atomic E-state index is 11.0. The van der Waals surface area contributed by atoms with E-state index in [1.807, 2.05) is 32.0 Å². The molecule has 0 bridgehead atoms. The number of aliphatic carboxylic acids is 1. The highest BCUT2D eigenvalue weighted by atomic mass is 16.5. The lowest BCUT2D eigenvalue weighted by atomic mass is 10.00. The molecule has 0 radical (unpaired) electrons. The van der Waals surface area contributed by atoms with Gasteiger partial charge in [0.05, 0.1) is 0 Å². The minimum Gasteiger partial charge on any atom is -0.479 e. The number of hydrogen-bond acceptors (Lipinski definition) is 2. The summed E-state index contributed by atoms with van der Waals surface area (Å²) in [4.78, 5) is 11.0. The fourth-order valence-electron chi connectivity index (χ4n) is 1.64. The molecular formula is C13H18O3. The predicted molar refractivity (Wildman–Crippen MR) is 62.7 cm³/mol. The average Bonchev–Trinajstić information content (AvgIpc) is 2.22. The van der Waals surface area contributed by atoms with Gasteiger partial charge in [-0.2, -0.15) is 0 Å². The first-order valence-electron chi connectivity index (χ1n) is 5.45. The van der Waals surface area contributed by atoms with Crippen LogP contribution in [0.25, 0.3) is 0 Å². The van der Waals surface area contributed by atoms with Crippen LogP contribution >= 0.6 is 0 Å². The van der Waals surface area contributed by atoms with Gasteiger partial charge in [-0.1, -0.05) is 23.8 Å². The minimum absolute atomic E-state index is 0.418. The summed E-state index contributed by atoms with van der Waals surface area (Å²) in [5, 5.41) is 9.00. The third-order valence-corrected chi connectivity index (χ3v) is 2.55. The fourth-order valence-corrected chi connectivity index (χ4v) is 1.64. The lowest BCUT2D eigenvalue weighted by Crippen LogP contribution is -2.26. The number of rotatable bonds is 5. The molecule has 0 amide bonds. The molecule has 1 atom stereocenters. The highest BCUT2D eigenvalue weighted by Gasteiger charge is 2.18. The Morgan fingerprint density at radius 3 is 2.69 bits per heavy atom. The molecule has 1 aromatic rings. The average molecular weight is 222 g/mol. The van der Waals surface area contributed by atoms with Crippen molar-refractivity contribution in [3.63, 3.8) is 0 Å². The third-order valence-electron chi connectivity index (χ3n) is 2.55. The van der Waals surface area contributed by atoms with Gasteiger partial charge in [-0.3, -0.25) is 0 Å². The zero-order valence-electron chi connectivity index (χ0n) is 9.99. The smallest absolute Gasteiger partial charge is 0.333 e. The van der Waals surface area contributed by atoms with Crippen molar-refractivity contribution in [2.75, 3.05) is 6.61 Å². The monoisotopic (exact) mass is 222 g/mol. The van der Waals surface area contributed by atoms with Crippen LogP contribution in [0.4, 0.5) is 0 Å². The van der Waals surface area contributed by atoms with E-state index in [1.165, 1.54) is 0 Å².